The van der Waals surface area contributed by atoms with E-state index in [1.165, 1.54) is 12.1 Å². The lowest BCUT2D eigenvalue weighted by atomic mass is 10.3. The molecule has 0 aliphatic carbocycles. The molecule has 2 rings (SSSR count). The van der Waals surface area contributed by atoms with Crippen LogP contribution < -0.4 is 10.6 Å². The Morgan fingerprint density at radius 1 is 1.40 bits per heavy atom. The normalized spacial score (nSPS) is 12.4. The molecule has 1 heterocycles. The van der Waals surface area contributed by atoms with Gasteiger partial charge in [-0.1, -0.05) is 23.6 Å². The van der Waals surface area contributed by atoms with E-state index in [2.05, 4.69) is 27.8 Å². The molecule has 1 aromatic carbocycles. The summed E-state index contributed by atoms with van der Waals surface area (Å²) in [7, 11) is 0. The van der Waals surface area contributed by atoms with Crippen LogP contribution in [0, 0.1) is 5.82 Å². The van der Waals surface area contributed by atoms with Crippen molar-refractivity contribution in [3.05, 3.63) is 34.9 Å². The van der Waals surface area contributed by atoms with Crippen molar-refractivity contribution in [2.75, 3.05) is 11.9 Å². The topological polar surface area (TPSA) is 63.0 Å². The molecular formula is C13H16ClFN4O. The number of halogens is 2. The predicted molar refractivity (Wildman–Crippen MR) is 75.7 cm³/mol. The number of nitrogens with zero attached hydrogens (tertiary/aromatic N) is 2. The van der Waals surface area contributed by atoms with E-state index in [-0.39, 0.29) is 17.7 Å². The first kappa shape index (κ1) is 14.7. The summed E-state index contributed by atoms with van der Waals surface area (Å²) in [5.74, 6) is -0.0234. The third-order valence-corrected chi connectivity index (χ3v) is 2.92. The molecule has 0 fully saturated rings. The van der Waals surface area contributed by atoms with E-state index in [4.69, 9.17) is 16.0 Å². The summed E-state index contributed by atoms with van der Waals surface area (Å²) >= 11 is 5.69. The van der Waals surface area contributed by atoms with Crippen LogP contribution in [0.25, 0.3) is 0 Å². The Kier molecular flexibility index (Phi) is 4.92. The molecule has 1 aromatic heterocycles. The lowest BCUT2D eigenvalue weighted by molar-refractivity contribution is 0.424. The monoisotopic (exact) mass is 298 g/mol. The van der Waals surface area contributed by atoms with Crippen molar-refractivity contribution in [3.63, 3.8) is 0 Å². The van der Waals surface area contributed by atoms with Crippen molar-refractivity contribution in [2.45, 2.75) is 26.3 Å². The van der Waals surface area contributed by atoms with Crippen molar-refractivity contribution in [1.29, 1.82) is 0 Å². The summed E-state index contributed by atoms with van der Waals surface area (Å²) in [6, 6.07) is 4.40. The fourth-order valence-electron chi connectivity index (χ4n) is 1.61. The van der Waals surface area contributed by atoms with Crippen molar-refractivity contribution in [2.24, 2.45) is 0 Å². The summed E-state index contributed by atoms with van der Waals surface area (Å²) < 4.78 is 19.1. The third kappa shape index (κ3) is 3.68. The van der Waals surface area contributed by atoms with Crippen molar-refractivity contribution >= 4 is 23.3 Å². The number of anilines is 2. The van der Waals surface area contributed by atoms with Gasteiger partial charge in [-0.2, -0.15) is 0 Å². The number of rotatable bonds is 6. The number of benzene rings is 1. The molecule has 0 amide bonds. The standard InChI is InChI=1S/C13H16ClFN4O/c1-3-6-16-8(2)12-18-19-13(20-12)17-11-5-4-9(14)7-10(11)15/h4-5,7-8,16H,3,6H2,1-2H3,(H,17,19). The first-order chi connectivity index (χ1) is 9.60. The minimum Gasteiger partial charge on any atom is -0.406 e. The van der Waals surface area contributed by atoms with E-state index in [0.29, 0.717) is 10.9 Å². The van der Waals surface area contributed by atoms with Gasteiger partial charge in [0, 0.05) is 5.02 Å². The number of hydrogen-bond acceptors (Lipinski definition) is 5. The molecule has 0 bridgehead atoms. The fourth-order valence-corrected chi connectivity index (χ4v) is 1.77. The number of nitrogens with one attached hydrogen (secondary N) is 2. The first-order valence-electron chi connectivity index (χ1n) is 6.39. The zero-order valence-electron chi connectivity index (χ0n) is 11.3. The van der Waals surface area contributed by atoms with Gasteiger partial charge in [-0.3, -0.25) is 0 Å². The van der Waals surface area contributed by atoms with Gasteiger partial charge in [0.1, 0.15) is 5.82 Å². The second-order valence-electron chi connectivity index (χ2n) is 4.37. The van der Waals surface area contributed by atoms with Crippen LogP contribution in [-0.4, -0.2) is 16.7 Å². The Balaban J connectivity index is 2.05. The molecule has 0 aliphatic rings. The predicted octanol–water partition coefficient (Wildman–Crippen LogP) is 3.67. The largest absolute Gasteiger partial charge is 0.406 e. The van der Waals surface area contributed by atoms with Gasteiger partial charge in [-0.05, 0) is 38.1 Å². The van der Waals surface area contributed by atoms with Gasteiger partial charge in [0.05, 0.1) is 11.7 Å². The lowest BCUT2D eigenvalue weighted by Crippen LogP contribution is -2.19. The Morgan fingerprint density at radius 2 is 2.20 bits per heavy atom. The van der Waals surface area contributed by atoms with Gasteiger partial charge >= 0.3 is 6.01 Å². The molecule has 20 heavy (non-hydrogen) atoms. The lowest BCUT2D eigenvalue weighted by Gasteiger charge is -2.07. The highest BCUT2D eigenvalue weighted by Gasteiger charge is 2.14. The van der Waals surface area contributed by atoms with Gasteiger partial charge in [0.25, 0.3) is 0 Å². The van der Waals surface area contributed by atoms with Crippen LogP contribution in [0.15, 0.2) is 22.6 Å². The average molecular weight is 299 g/mol. The van der Waals surface area contributed by atoms with E-state index < -0.39 is 5.82 Å². The SMILES string of the molecule is CCCNC(C)c1nnc(Nc2ccc(Cl)cc2F)o1. The van der Waals surface area contributed by atoms with Crippen LogP contribution >= 0.6 is 11.6 Å². The van der Waals surface area contributed by atoms with E-state index >= 15 is 0 Å². The average Bonchev–Trinajstić information content (AvgIpc) is 2.88. The maximum Gasteiger partial charge on any atom is 0.320 e. The molecule has 2 aromatic rings. The molecule has 0 spiro atoms. The van der Waals surface area contributed by atoms with Gasteiger partial charge in [-0.15, -0.1) is 5.10 Å². The second kappa shape index (κ2) is 6.67. The Bertz CT molecular complexity index is 575. The molecule has 0 radical (unpaired) electrons. The van der Waals surface area contributed by atoms with Gasteiger partial charge < -0.3 is 15.1 Å². The van der Waals surface area contributed by atoms with Crippen LogP contribution in [0.4, 0.5) is 16.1 Å². The van der Waals surface area contributed by atoms with Crippen molar-refractivity contribution < 1.29 is 8.81 Å². The zero-order chi connectivity index (χ0) is 14.5. The van der Waals surface area contributed by atoms with E-state index in [1.807, 2.05) is 6.92 Å². The summed E-state index contributed by atoms with van der Waals surface area (Å²) in [5, 5.41) is 14.0. The van der Waals surface area contributed by atoms with Crippen LogP contribution in [0.2, 0.25) is 5.02 Å². The highest BCUT2D eigenvalue weighted by atomic mass is 35.5. The molecule has 5 nitrogen and oxygen atoms in total. The maximum absolute atomic E-state index is 13.6. The van der Waals surface area contributed by atoms with Crippen LogP contribution in [-0.2, 0) is 0 Å². The second-order valence-corrected chi connectivity index (χ2v) is 4.81. The molecule has 0 saturated carbocycles. The third-order valence-electron chi connectivity index (χ3n) is 2.68. The Hall–Kier alpha value is -1.66. The highest BCUT2D eigenvalue weighted by Crippen LogP contribution is 2.23. The van der Waals surface area contributed by atoms with E-state index in [1.54, 1.807) is 6.07 Å². The number of hydrogen-bond donors (Lipinski definition) is 2. The molecular weight excluding hydrogens is 283 g/mol. The molecule has 1 atom stereocenters. The smallest absolute Gasteiger partial charge is 0.320 e. The van der Waals surface area contributed by atoms with E-state index in [0.717, 1.165) is 13.0 Å². The van der Waals surface area contributed by atoms with Gasteiger partial charge in [0.2, 0.25) is 5.89 Å². The zero-order valence-corrected chi connectivity index (χ0v) is 12.0. The minimum atomic E-state index is -0.477. The summed E-state index contributed by atoms with van der Waals surface area (Å²) in [6.45, 7) is 4.86. The van der Waals surface area contributed by atoms with Gasteiger partial charge in [-0.25, -0.2) is 4.39 Å². The fraction of sp³-hybridized carbons (Fsp3) is 0.385. The Labute approximate surface area is 121 Å². The minimum absolute atomic E-state index is 0.0481. The summed E-state index contributed by atoms with van der Waals surface area (Å²) in [5.41, 5.74) is 0.235. The van der Waals surface area contributed by atoms with Crippen LogP contribution in [0.3, 0.4) is 0 Å². The van der Waals surface area contributed by atoms with Crippen LogP contribution in [0.1, 0.15) is 32.2 Å². The van der Waals surface area contributed by atoms with Crippen molar-refractivity contribution in [1.82, 2.24) is 15.5 Å². The number of aromatic nitrogens is 2. The summed E-state index contributed by atoms with van der Waals surface area (Å²) in [4.78, 5) is 0. The quantitative estimate of drug-likeness (QED) is 0.852. The molecule has 2 N–H and O–H groups in total. The highest BCUT2D eigenvalue weighted by molar-refractivity contribution is 6.30. The molecule has 0 aliphatic heterocycles. The van der Waals surface area contributed by atoms with E-state index in [9.17, 15) is 4.39 Å². The molecule has 0 saturated heterocycles. The van der Waals surface area contributed by atoms with Crippen molar-refractivity contribution in [3.8, 4) is 0 Å². The molecule has 1 unspecified atom stereocenters. The Morgan fingerprint density at radius 3 is 2.90 bits per heavy atom. The first-order valence-corrected chi connectivity index (χ1v) is 6.76. The molecule has 108 valence electrons. The maximum atomic E-state index is 13.6. The van der Waals surface area contributed by atoms with Gasteiger partial charge in [0.15, 0.2) is 0 Å². The molecule has 7 heteroatoms. The van der Waals surface area contributed by atoms with Crippen LogP contribution in [0.5, 0.6) is 0 Å². The summed E-state index contributed by atoms with van der Waals surface area (Å²) in [6.07, 6.45) is 1.01.